The van der Waals surface area contributed by atoms with Crippen molar-refractivity contribution in [3.05, 3.63) is 66.2 Å². The van der Waals surface area contributed by atoms with Gasteiger partial charge in [0.05, 0.1) is 17.9 Å². The number of benzene rings is 2. The molecule has 0 fully saturated rings. The smallest absolute Gasteiger partial charge is 0.338 e. The van der Waals surface area contributed by atoms with E-state index in [1.807, 2.05) is 30.3 Å². The summed E-state index contributed by atoms with van der Waals surface area (Å²) in [5.41, 5.74) is 2.28. The molecule has 0 atom stereocenters. The molecule has 0 spiro atoms. The lowest BCUT2D eigenvalue weighted by Gasteiger charge is -2.08. The fourth-order valence-electron chi connectivity index (χ4n) is 2.53. The maximum absolute atomic E-state index is 11.7. The zero-order chi connectivity index (χ0) is 17.1. The van der Waals surface area contributed by atoms with Crippen molar-refractivity contribution in [3.63, 3.8) is 0 Å². The van der Waals surface area contributed by atoms with Crippen LogP contribution in [0.15, 0.2) is 60.7 Å². The van der Waals surface area contributed by atoms with E-state index in [1.54, 1.807) is 31.2 Å². The molecular weight excluding hydrogens is 306 g/mol. The lowest BCUT2D eigenvalue weighted by molar-refractivity contribution is 0.0526. The Balaban J connectivity index is 1.98. The number of nitrogens with zero attached hydrogens (tertiary/aromatic N) is 1. The molecule has 0 aliphatic carbocycles. The van der Waals surface area contributed by atoms with Crippen LogP contribution in [0.5, 0.6) is 11.8 Å². The maximum Gasteiger partial charge on any atom is 0.338 e. The Morgan fingerprint density at radius 1 is 1.04 bits per heavy atom. The zero-order valence-electron chi connectivity index (χ0n) is 13.1. The first-order valence-electron chi connectivity index (χ1n) is 7.58. The van der Waals surface area contributed by atoms with Crippen molar-refractivity contribution >= 4 is 5.97 Å². The van der Waals surface area contributed by atoms with Gasteiger partial charge in [0.15, 0.2) is 5.88 Å². The van der Waals surface area contributed by atoms with E-state index in [0.29, 0.717) is 23.4 Å². The average Bonchev–Trinajstić information content (AvgIpc) is 2.90. The Labute approximate surface area is 139 Å². The Bertz CT molecular complexity index is 851. The van der Waals surface area contributed by atoms with Crippen LogP contribution in [0, 0.1) is 0 Å². The summed E-state index contributed by atoms with van der Waals surface area (Å²) in [5, 5.41) is 20.7. The fraction of sp³-hybridized carbons (Fsp3) is 0.105. The first kappa shape index (κ1) is 15.7. The van der Waals surface area contributed by atoms with Gasteiger partial charge in [-0.3, -0.25) is 4.57 Å². The number of hydrogen-bond donors (Lipinski definition) is 2. The van der Waals surface area contributed by atoms with E-state index in [1.165, 1.54) is 10.6 Å². The molecular formula is C19H17NO4. The highest BCUT2D eigenvalue weighted by Gasteiger charge is 2.17. The number of ether oxygens (including phenoxy) is 1. The third-order valence-electron chi connectivity index (χ3n) is 3.68. The zero-order valence-corrected chi connectivity index (χ0v) is 13.1. The van der Waals surface area contributed by atoms with E-state index in [0.717, 1.165) is 5.56 Å². The van der Waals surface area contributed by atoms with Gasteiger partial charge in [-0.15, -0.1) is 0 Å². The molecule has 0 bridgehead atoms. The highest BCUT2D eigenvalue weighted by Crippen LogP contribution is 2.38. The minimum atomic E-state index is -0.407. The van der Waals surface area contributed by atoms with Crippen LogP contribution in [0.2, 0.25) is 0 Å². The van der Waals surface area contributed by atoms with Crippen molar-refractivity contribution in [1.82, 2.24) is 4.57 Å². The number of aromatic nitrogens is 1. The van der Waals surface area contributed by atoms with E-state index in [2.05, 4.69) is 0 Å². The molecule has 0 amide bonds. The van der Waals surface area contributed by atoms with Crippen LogP contribution in [0.3, 0.4) is 0 Å². The van der Waals surface area contributed by atoms with Crippen molar-refractivity contribution in [3.8, 4) is 28.6 Å². The number of esters is 1. The molecule has 5 heteroatoms. The molecule has 5 nitrogen and oxygen atoms in total. The second-order valence-corrected chi connectivity index (χ2v) is 5.21. The van der Waals surface area contributed by atoms with E-state index < -0.39 is 5.97 Å². The van der Waals surface area contributed by atoms with Gasteiger partial charge in [0, 0.05) is 11.6 Å². The first-order valence-corrected chi connectivity index (χ1v) is 7.58. The molecule has 2 N–H and O–H groups in total. The summed E-state index contributed by atoms with van der Waals surface area (Å²) < 4.78 is 6.26. The SMILES string of the molecule is CCOC(=O)c1ccc(-n2c(O)cc(-c3ccccc3)c2O)cc1. The minimum Gasteiger partial charge on any atom is -0.494 e. The molecule has 0 unspecified atom stereocenters. The topological polar surface area (TPSA) is 71.7 Å². The van der Waals surface area contributed by atoms with Crippen LogP contribution < -0.4 is 0 Å². The van der Waals surface area contributed by atoms with Gasteiger partial charge >= 0.3 is 5.97 Å². The molecule has 2 aromatic carbocycles. The van der Waals surface area contributed by atoms with Crippen molar-refractivity contribution in [1.29, 1.82) is 0 Å². The first-order chi connectivity index (χ1) is 11.6. The molecule has 0 saturated carbocycles. The lowest BCUT2D eigenvalue weighted by Crippen LogP contribution is -2.04. The second-order valence-electron chi connectivity index (χ2n) is 5.21. The number of aromatic hydroxyl groups is 2. The predicted molar refractivity (Wildman–Crippen MR) is 90.5 cm³/mol. The third kappa shape index (κ3) is 2.84. The Morgan fingerprint density at radius 3 is 2.33 bits per heavy atom. The maximum atomic E-state index is 11.7. The summed E-state index contributed by atoms with van der Waals surface area (Å²) in [7, 11) is 0. The van der Waals surface area contributed by atoms with Gasteiger partial charge in [0.25, 0.3) is 0 Å². The minimum absolute atomic E-state index is 0.0671. The van der Waals surface area contributed by atoms with Crippen molar-refractivity contribution in [2.24, 2.45) is 0 Å². The number of carbonyl (C=O) groups is 1. The Morgan fingerprint density at radius 2 is 1.71 bits per heavy atom. The van der Waals surface area contributed by atoms with Crippen molar-refractivity contribution in [2.75, 3.05) is 6.61 Å². The van der Waals surface area contributed by atoms with E-state index in [-0.39, 0.29) is 11.8 Å². The van der Waals surface area contributed by atoms with Crippen molar-refractivity contribution < 1.29 is 19.7 Å². The second kappa shape index (κ2) is 6.50. The molecule has 3 aromatic rings. The average molecular weight is 323 g/mol. The molecule has 0 saturated heterocycles. The summed E-state index contributed by atoms with van der Waals surface area (Å²) in [4.78, 5) is 11.7. The quantitative estimate of drug-likeness (QED) is 0.718. The van der Waals surface area contributed by atoms with Gasteiger partial charge in [-0.2, -0.15) is 0 Å². The largest absolute Gasteiger partial charge is 0.494 e. The monoisotopic (exact) mass is 323 g/mol. The molecule has 1 aromatic heterocycles. The summed E-state index contributed by atoms with van der Waals surface area (Å²) >= 11 is 0. The van der Waals surface area contributed by atoms with E-state index in [9.17, 15) is 15.0 Å². The molecule has 0 aliphatic rings. The standard InChI is InChI=1S/C19H17NO4/c1-2-24-19(23)14-8-10-15(11-9-14)20-17(21)12-16(18(20)22)13-6-4-3-5-7-13/h3-12,21-22H,2H2,1H3. The normalized spacial score (nSPS) is 10.5. The number of rotatable bonds is 4. The van der Waals surface area contributed by atoms with Gasteiger partial charge in [0.2, 0.25) is 5.88 Å². The van der Waals surface area contributed by atoms with Gasteiger partial charge in [-0.05, 0) is 36.8 Å². The molecule has 122 valence electrons. The molecule has 24 heavy (non-hydrogen) atoms. The van der Waals surface area contributed by atoms with Crippen LogP contribution in [-0.4, -0.2) is 27.4 Å². The highest BCUT2D eigenvalue weighted by molar-refractivity contribution is 5.89. The Kier molecular flexibility index (Phi) is 4.24. The van der Waals surface area contributed by atoms with E-state index in [4.69, 9.17) is 4.74 Å². The van der Waals surface area contributed by atoms with Crippen LogP contribution in [0.25, 0.3) is 16.8 Å². The predicted octanol–water partition coefficient (Wildman–Crippen LogP) is 3.73. The van der Waals surface area contributed by atoms with Gasteiger partial charge in [-0.1, -0.05) is 30.3 Å². The summed E-state index contributed by atoms with van der Waals surface area (Å²) in [6, 6.07) is 17.3. The summed E-state index contributed by atoms with van der Waals surface area (Å²) in [6.45, 7) is 2.05. The highest BCUT2D eigenvalue weighted by atomic mass is 16.5. The van der Waals surface area contributed by atoms with Gasteiger partial charge < -0.3 is 14.9 Å². The summed E-state index contributed by atoms with van der Waals surface area (Å²) in [6.07, 6.45) is 0. The summed E-state index contributed by atoms with van der Waals surface area (Å²) in [5.74, 6) is -0.562. The third-order valence-corrected chi connectivity index (χ3v) is 3.68. The van der Waals surface area contributed by atoms with Gasteiger partial charge in [-0.25, -0.2) is 4.79 Å². The number of hydrogen-bond acceptors (Lipinski definition) is 4. The molecule has 1 heterocycles. The molecule has 0 radical (unpaired) electrons. The van der Waals surface area contributed by atoms with Crippen LogP contribution in [0.4, 0.5) is 0 Å². The van der Waals surface area contributed by atoms with Crippen LogP contribution >= 0.6 is 0 Å². The van der Waals surface area contributed by atoms with Crippen LogP contribution in [-0.2, 0) is 4.74 Å². The van der Waals surface area contributed by atoms with Gasteiger partial charge in [0.1, 0.15) is 0 Å². The molecule has 0 aliphatic heterocycles. The lowest BCUT2D eigenvalue weighted by atomic mass is 10.1. The Hall–Kier alpha value is -3.21. The van der Waals surface area contributed by atoms with E-state index >= 15 is 0 Å². The fourth-order valence-corrected chi connectivity index (χ4v) is 2.53. The number of carbonyl (C=O) groups excluding carboxylic acids is 1. The van der Waals surface area contributed by atoms with Crippen molar-refractivity contribution in [2.45, 2.75) is 6.92 Å². The molecule has 3 rings (SSSR count). The van der Waals surface area contributed by atoms with Crippen LogP contribution in [0.1, 0.15) is 17.3 Å².